The average molecular weight is 421 g/mol. The molecule has 0 unspecified atom stereocenters. The van der Waals surface area contributed by atoms with Crippen molar-refractivity contribution in [2.45, 2.75) is 31.6 Å². The summed E-state index contributed by atoms with van der Waals surface area (Å²) in [7, 11) is 0. The highest BCUT2D eigenvalue weighted by atomic mass is 19.4. The molecule has 1 saturated carbocycles. The number of alkyl halides is 3. The molecule has 3 aromatic rings. The summed E-state index contributed by atoms with van der Waals surface area (Å²) in [4.78, 5) is 14.4. The van der Waals surface area contributed by atoms with Gasteiger partial charge in [-0.2, -0.15) is 18.3 Å². The third kappa shape index (κ3) is 3.92. The summed E-state index contributed by atoms with van der Waals surface area (Å²) >= 11 is 0. The molecular formula is C21H16F5N3O. The van der Waals surface area contributed by atoms with Crippen LogP contribution in [0, 0.1) is 11.6 Å². The van der Waals surface area contributed by atoms with Crippen LogP contribution in [0.25, 0.3) is 5.69 Å². The quantitative estimate of drug-likeness (QED) is 0.546. The molecule has 0 N–H and O–H groups in total. The molecule has 30 heavy (non-hydrogen) atoms. The molecule has 0 bridgehead atoms. The molecule has 1 heterocycles. The summed E-state index contributed by atoms with van der Waals surface area (Å²) in [6, 6.07) is 10.2. The molecule has 0 aliphatic heterocycles. The second-order valence-electron chi connectivity index (χ2n) is 7.06. The molecule has 0 radical (unpaired) electrons. The van der Waals surface area contributed by atoms with Gasteiger partial charge < -0.3 is 4.90 Å². The minimum Gasteiger partial charge on any atom is -0.331 e. The van der Waals surface area contributed by atoms with Crippen LogP contribution in [0.1, 0.15) is 34.5 Å². The standard InChI is InChI=1S/C21H16F5N3O/c22-14-5-3-4-13(10-14)12-28(15-8-9-15)20(30)16-11-27-29(19(16)21(24,25)26)18-7-2-1-6-17(18)23/h1-7,10-11,15H,8-9,12H2. The van der Waals surface area contributed by atoms with Crippen molar-refractivity contribution in [3.8, 4) is 5.69 Å². The van der Waals surface area contributed by atoms with Crippen molar-refractivity contribution in [1.29, 1.82) is 0 Å². The van der Waals surface area contributed by atoms with E-state index in [-0.39, 0.29) is 12.6 Å². The van der Waals surface area contributed by atoms with Gasteiger partial charge in [-0.25, -0.2) is 13.5 Å². The van der Waals surface area contributed by atoms with E-state index in [1.807, 2.05) is 0 Å². The van der Waals surface area contributed by atoms with E-state index in [1.165, 1.54) is 35.2 Å². The summed E-state index contributed by atoms with van der Waals surface area (Å²) in [6.07, 6.45) is -2.86. The van der Waals surface area contributed by atoms with Crippen molar-refractivity contribution < 1.29 is 26.7 Å². The number of hydrogen-bond donors (Lipinski definition) is 0. The fraction of sp³-hybridized carbons (Fsp3) is 0.238. The lowest BCUT2D eigenvalue weighted by atomic mass is 10.1. The number of halogens is 5. The zero-order chi connectivity index (χ0) is 21.5. The molecule has 1 amide bonds. The molecule has 156 valence electrons. The number of para-hydroxylation sites is 1. The Bertz CT molecular complexity index is 1090. The highest BCUT2D eigenvalue weighted by Gasteiger charge is 2.43. The lowest BCUT2D eigenvalue weighted by molar-refractivity contribution is -0.143. The fourth-order valence-corrected chi connectivity index (χ4v) is 3.32. The Balaban J connectivity index is 1.75. The highest BCUT2D eigenvalue weighted by Crippen LogP contribution is 2.37. The molecule has 2 aromatic carbocycles. The van der Waals surface area contributed by atoms with Crippen LogP contribution >= 0.6 is 0 Å². The van der Waals surface area contributed by atoms with Crippen molar-refractivity contribution in [1.82, 2.24) is 14.7 Å². The Labute approximate surface area is 168 Å². The van der Waals surface area contributed by atoms with Crippen LogP contribution in [0.4, 0.5) is 22.0 Å². The summed E-state index contributed by atoms with van der Waals surface area (Å²) in [5.74, 6) is -2.28. The van der Waals surface area contributed by atoms with Crippen molar-refractivity contribution in [2.24, 2.45) is 0 Å². The normalized spacial score (nSPS) is 14.0. The van der Waals surface area contributed by atoms with Crippen molar-refractivity contribution in [2.75, 3.05) is 0 Å². The van der Waals surface area contributed by atoms with E-state index >= 15 is 0 Å². The topological polar surface area (TPSA) is 38.1 Å². The number of benzene rings is 2. The van der Waals surface area contributed by atoms with E-state index in [9.17, 15) is 26.7 Å². The number of amides is 1. The lowest BCUT2D eigenvalue weighted by Crippen LogP contribution is -2.34. The van der Waals surface area contributed by atoms with Crippen LogP contribution in [0.3, 0.4) is 0 Å². The minimum absolute atomic E-state index is 0.0383. The number of rotatable bonds is 5. The van der Waals surface area contributed by atoms with Crippen LogP contribution in [0.15, 0.2) is 54.7 Å². The van der Waals surface area contributed by atoms with Crippen LogP contribution < -0.4 is 0 Å². The molecule has 4 nitrogen and oxygen atoms in total. The number of carbonyl (C=O) groups is 1. The smallest absolute Gasteiger partial charge is 0.331 e. The van der Waals surface area contributed by atoms with Crippen LogP contribution in [0.5, 0.6) is 0 Å². The van der Waals surface area contributed by atoms with E-state index < -0.39 is 40.7 Å². The maximum Gasteiger partial charge on any atom is 0.434 e. The first kappa shape index (κ1) is 20.1. The van der Waals surface area contributed by atoms with Gasteiger partial charge in [0.15, 0.2) is 5.69 Å². The van der Waals surface area contributed by atoms with E-state index in [1.54, 1.807) is 6.07 Å². The van der Waals surface area contributed by atoms with Gasteiger partial charge >= 0.3 is 6.18 Å². The molecule has 1 aliphatic carbocycles. The Morgan fingerprint density at radius 1 is 1.10 bits per heavy atom. The van der Waals surface area contributed by atoms with Crippen LogP contribution in [0.2, 0.25) is 0 Å². The highest BCUT2D eigenvalue weighted by molar-refractivity contribution is 5.96. The van der Waals surface area contributed by atoms with Gasteiger partial charge in [0.25, 0.3) is 5.91 Å². The molecule has 9 heteroatoms. The summed E-state index contributed by atoms with van der Waals surface area (Å²) in [5, 5.41) is 3.67. The Morgan fingerprint density at radius 2 is 1.83 bits per heavy atom. The predicted octanol–water partition coefficient (Wildman–Crippen LogP) is 4.97. The van der Waals surface area contributed by atoms with Gasteiger partial charge in [0.05, 0.1) is 11.8 Å². The van der Waals surface area contributed by atoms with E-state index in [0.717, 1.165) is 18.3 Å². The second kappa shape index (κ2) is 7.55. The van der Waals surface area contributed by atoms with Crippen LogP contribution in [-0.2, 0) is 12.7 Å². The van der Waals surface area contributed by atoms with E-state index in [4.69, 9.17) is 0 Å². The molecule has 1 aromatic heterocycles. The zero-order valence-electron chi connectivity index (χ0n) is 15.5. The Kier molecular flexibility index (Phi) is 5.05. The minimum atomic E-state index is -4.95. The van der Waals surface area contributed by atoms with Gasteiger partial charge in [0, 0.05) is 12.6 Å². The second-order valence-corrected chi connectivity index (χ2v) is 7.06. The van der Waals surface area contributed by atoms with Gasteiger partial charge in [0.1, 0.15) is 17.3 Å². The maximum atomic E-state index is 14.1. The number of carbonyl (C=O) groups excluding carboxylic acids is 1. The first-order valence-corrected chi connectivity index (χ1v) is 9.21. The van der Waals surface area contributed by atoms with Gasteiger partial charge in [0.2, 0.25) is 0 Å². The van der Waals surface area contributed by atoms with Gasteiger partial charge in [-0.15, -0.1) is 0 Å². The molecule has 1 aliphatic rings. The van der Waals surface area contributed by atoms with Crippen molar-refractivity contribution in [3.05, 3.63) is 83.2 Å². The molecule has 0 saturated heterocycles. The Morgan fingerprint density at radius 3 is 2.47 bits per heavy atom. The van der Waals surface area contributed by atoms with E-state index in [2.05, 4.69) is 5.10 Å². The first-order chi connectivity index (χ1) is 14.3. The fourth-order valence-electron chi connectivity index (χ4n) is 3.32. The SMILES string of the molecule is O=C(c1cnn(-c2ccccc2F)c1C(F)(F)F)N(Cc1cccc(F)c1)C1CC1. The summed E-state index contributed by atoms with van der Waals surface area (Å²) < 4.78 is 69.7. The van der Waals surface area contributed by atoms with Gasteiger partial charge in [-0.3, -0.25) is 4.79 Å². The van der Waals surface area contributed by atoms with Crippen molar-refractivity contribution >= 4 is 5.91 Å². The third-order valence-corrected chi connectivity index (χ3v) is 4.84. The Hall–Kier alpha value is -3.23. The molecule has 4 rings (SSSR count). The largest absolute Gasteiger partial charge is 0.434 e. The number of nitrogens with zero attached hydrogens (tertiary/aromatic N) is 3. The van der Waals surface area contributed by atoms with Crippen LogP contribution in [-0.4, -0.2) is 26.6 Å². The zero-order valence-corrected chi connectivity index (χ0v) is 15.5. The summed E-state index contributed by atoms with van der Waals surface area (Å²) in [6.45, 7) is -0.0383. The monoisotopic (exact) mass is 421 g/mol. The third-order valence-electron chi connectivity index (χ3n) is 4.84. The van der Waals surface area contributed by atoms with Crippen molar-refractivity contribution in [3.63, 3.8) is 0 Å². The average Bonchev–Trinajstić information content (AvgIpc) is 3.42. The lowest BCUT2D eigenvalue weighted by Gasteiger charge is -2.23. The number of aromatic nitrogens is 2. The maximum absolute atomic E-state index is 14.1. The van der Waals surface area contributed by atoms with Gasteiger partial charge in [-0.1, -0.05) is 24.3 Å². The molecule has 0 atom stereocenters. The van der Waals surface area contributed by atoms with E-state index in [0.29, 0.717) is 23.1 Å². The number of hydrogen-bond acceptors (Lipinski definition) is 2. The molecule has 0 spiro atoms. The molecule has 1 fully saturated rings. The summed E-state index contributed by atoms with van der Waals surface area (Å²) in [5.41, 5.74) is -1.96. The predicted molar refractivity (Wildman–Crippen MR) is 97.8 cm³/mol. The first-order valence-electron chi connectivity index (χ1n) is 9.21. The molecular weight excluding hydrogens is 405 g/mol. The van der Waals surface area contributed by atoms with Gasteiger partial charge in [-0.05, 0) is 42.7 Å².